The average molecular weight is 255 g/mol. The molecule has 1 aliphatic rings. The Hall–Kier alpha value is -1.03. The summed E-state index contributed by atoms with van der Waals surface area (Å²) in [4.78, 5) is 13.9. The first-order chi connectivity index (χ1) is 8.39. The maximum atomic E-state index is 12.2. The van der Waals surface area contributed by atoms with Crippen molar-refractivity contribution in [3.05, 3.63) is 12.7 Å². The maximum absolute atomic E-state index is 12.2. The van der Waals surface area contributed by atoms with Gasteiger partial charge in [-0.15, -0.1) is 6.58 Å². The predicted octanol–water partition coefficient (Wildman–Crippen LogP) is 2.71. The van der Waals surface area contributed by atoms with E-state index < -0.39 is 5.60 Å². The Balaban J connectivity index is 2.70. The average Bonchev–Trinajstić information content (AvgIpc) is 2.66. The van der Waals surface area contributed by atoms with Crippen LogP contribution in [0.2, 0.25) is 0 Å². The second-order valence-corrected chi connectivity index (χ2v) is 5.82. The summed E-state index contributed by atoms with van der Waals surface area (Å²) >= 11 is 0. The zero-order valence-electron chi connectivity index (χ0n) is 11.7. The van der Waals surface area contributed by atoms with Crippen LogP contribution in [0, 0.1) is 0 Å². The summed E-state index contributed by atoms with van der Waals surface area (Å²) < 4.78 is 5.41. The third kappa shape index (κ3) is 4.02. The van der Waals surface area contributed by atoms with Crippen molar-refractivity contribution in [2.75, 3.05) is 6.61 Å². The van der Waals surface area contributed by atoms with Crippen molar-refractivity contribution in [3.8, 4) is 0 Å². The van der Waals surface area contributed by atoms with Gasteiger partial charge in [0.15, 0.2) is 0 Å². The highest BCUT2D eigenvalue weighted by Crippen LogP contribution is 2.29. The summed E-state index contributed by atoms with van der Waals surface area (Å²) in [6.45, 7) is 9.27. The normalized spacial score (nSPS) is 24.1. The Morgan fingerprint density at radius 3 is 2.56 bits per heavy atom. The van der Waals surface area contributed by atoms with Gasteiger partial charge in [0.05, 0.1) is 12.6 Å². The van der Waals surface area contributed by atoms with Crippen molar-refractivity contribution in [1.82, 2.24) is 4.90 Å². The summed E-state index contributed by atoms with van der Waals surface area (Å²) in [6, 6.07) is 0.0599. The molecule has 0 spiro atoms. The minimum absolute atomic E-state index is 0.00380. The number of likely N-dealkylation sites (tertiary alicyclic amines) is 1. The molecule has 1 aliphatic heterocycles. The van der Waals surface area contributed by atoms with Gasteiger partial charge in [-0.2, -0.15) is 0 Å². The van der Waals surface area contributed by atoms with Crippen LogP contribution in [0.4, 0.5) is 4.79 Å². The summed E-state index contributed by atoms with van der Waals surface area (Å²) in [5.41, 5.74) is -0.497. The van der Waals surface area contributed by atoms with E-state index in [-0.39, 0.29) is 24.8 Å². The van der Waals surface area contributed by atoms with E-state index in [4.69, 9.17) is 4.74 Å². The molecule has 18 heavy (non-hydrogen) atoms. The number of aliphatic hydroxyl groups excluding tert-OH is 1. The van der Waals surface area contributed by atoms with Crippen LogP contribution >= 0.6 is 0 Å². The van der Waals surface area contributed by atoms with Gasteiger partial charge in [-0.1, -0.05) is 6.08 Å². The number of hydrogen-bond donors (Lipinski definition) is 1. The molecule has 0 saturated carbocycles. The quantitative estimate of drug-likeness (QED) is 0.786. The molecule has 4 nitrogen and oxygen atoms in total. The number of nitrogens with zero attached hydrogens (tertiary/aromatic N) is 1. The number of carbonyl (C=O) groups excluding carboxylic acids is 1. The van der Waals surface area contributed by atoms with E-state index in [0.29, 0.717) is 0 Å². The lowest BCUT2D eigenvalue weighted by molar-refractivity contribution is 0.00832. The zero-order chi connectivity index (χ0) is 13.8. The number of hydrogen-bond acceptors (Lipinski definition) is 3. The van der Waals surface area contributed by atoms with Crippen molar-refractivity contribution in [1.29, 1.82) is 0 Å². The topological polar surface area (TPSA) is 49.8 Å². The molecular formula is C14H25NO3. The van der Waals surface area contributed by atoms with Gasteiger partial charge in [-0.3, -0.25) is 4.90 Å². The second-order valence-electron chi connectivity index (χ2n) is 5.82. The predicted molar refractivity (Wildman–Crippen MR) is 71.4 cm³/mol. The SMILES string of the molecule is C=CCC[C@H]1CC[C@@H](CO)N1C(=O)OC(C)(C)C. The number of carbonyl (C=O) groups is 1. The van der Waals surface area contributed by atoms with Crippen molar-refractivity contribution in [2.24, 2.45) is 0 Å². The summed E-state index contributed by atoms with van der Waals surface area (Å²) in [6.07, 6.45) is 5.09. The largest absolute Gasteiger partial charge is 0.444 e. The van der Waals surface area contributed by atoms with Gasteiger partial charge < -0.3 is 9.84 Å². The molecule has 1 rings (SSSR count). The van der Waals surface area contributed by atoms with Crippen LogP contribution in [0.3, 0.4) is 0 Å². The Kier molecular flexibility index (Phi) is 5.20. The molecule has 1 N–H and O–H groups in total. The highest BCUT2D eigenvalue weighted by Gasteiger charge is 2.38. The molecule has 1 fully saturated rings. The molecule has 1 saturated heterocycles. The van der Waals surface area contributed by atoms with E-state index in [2.05, 4.69) is 6.58 Å². The summed E-state index contributed by atoms with van der Waals surface area (Å²) in [5, 5.41) is 9.36. The van der Waals surface area contributed by atoms with Crippen molar-refractivity contribution in [3.63, 3.8) is 0 Å². The Morgan fingerprint density at radius 2 is 2.06 bits per heavy atom. The Bertz CT molecular complexity index is 296. The minimum Gasteiger partial charge on any atom is -0.444 e. The van der Waals surface area contributed by atoms with Crippen LogP contribution in [0.15, 0.2) is 12.7 Å². The molecule has 104 valence electrons. The molecule has 0 unspecified atom stereocenters. The fourth-order valence-corrected chi connectivity index (χ4v) is 2.35. The van der Waals surface area contributed by atoms with Gasteiger partial charge in [0.1, 0.15) is 5.60 Å². The van der Waals surface area contributed by atoms with Crippen LogP contribution in [-0.4, -0.2) is 40.4 Å². The summed E-state index contributed by atoms with van der Waals surface area (Å²) in [7, 11) is 0. The van der Waals surface area contributed by atoms with Crippen molar-refractivity contribution < 1.29 is 14.6 Å². The molecule has 0 aromatic carbocycles. The third-order valence-corrected chi connectivity index (χ3v) is 3.14. The molecule has 4 heteroatoms. The Morgan fingerprint density at radius 1 is 1.44 bits per heavy atom. The number of allylic oxidation sites excluding steroid dienone is 1. The van der Waals surface area contributed by atoms with Gasteiger partial charge in [0, 0.05) is 6.04 Å². The smallest absolute Gasteiger partial charge is 0.410 e. The molecule has 1 amide bonds. The van der Waals surface area contributed by atoms with Crippen LogP contribution < -0.4 is 0 Å². The lowest BCUT2D eigenvalue weighted by Gasteiger charge is -2.32. The van der Waals surface area contributed by atoms with E-state index in [1.54, 1.807) is 4.90 Å². The number of aliphatic hydroxyl groups is 1. The van der Waals surface area contributed by atoms with Crippen LogP contribution in [0.25, 0.3) is 0 Å². The second kappa shape index (κ2) is 6.23. The van der Waals surface area contributed by atoms with Crippen LogP contribution in [0.5, 0.6) is 0 Å². The first-order valence-electron chi connectivity index (χ1n) is 6.62. The van der Waals surface area contributed by atoms with Crippen molar-refractivity contribution in [2.45, 2.75) is 64.1 Å². The molecule has 0 aromatic rings. The van der Waals surface area contributed by atoms with E-state index >= 15 is 0 Å². The zero-order valence-corrected chi connectivity index (χ0v) is 11.7. The monoisotopic (exact) mass is 255 g/mol. The van der Waals surface area contributed by atoms with Gasteiger partial charge in [0.25, 0.3) is 0 Å². The highest BCUT2D eigenvalue weighted by molar-refractivity contribution is 5.69. The fraction of sp³-hybridized carbons (Fsp3) is 0.786. The number of ether oxygens (including phenoxy) is 1. The first-order valence-corrected chi connectivity index (χ1v) is 6.62. The minimum atomic E-state index is -0.497. The fourth-order valence-electron chi connectivity index (χ4n) is 2.35. The molecule has 0 radical (unpaired) electrons. The van der Waals surface area contributed by atoms with E-state index in [9.17, 15) is 9.90 Å². The molecule has 0 aliphatic carbocycles. The number of rotatable bonds is 4. The molecule has 1 heterocycles. The van der Waals surface area contributed by atoms with Gasteiger partial charge >= 0.3 is 6.09 Å². The molecule has 0 aromatic heterocycles. The number of amides is 1. The highest BCUT2D eigenvalue weighted by atomic mass is 16.6. The first kappa shape index (κ1) is 15.0. The lowest BCUT2D eigenvalue weighted by Crippen LogP contribution is -2.45. The van der Waals surface area contributed by atoms with E-state index in [1.165, 1.54) is 0 Å². The van der Waals surface area contributed by atoms with E-state index in [1.807, 2.05) is 26.8 Å². The van der Waals surface area contributed by atoms with E-state index in [0.717, 1.165) is 25.7 Å². The standard InChI is InChI=1S/C14H25NO3/c1-5-6-7-11-8-9-12(10-16)15(11)13(17)18-14(2,3)4/h5,11-12,16H,1,6-10H2,2-4H3/t11-,12-/m0/s1. The van der Waals surface area contributed by atoms with Gasteiger partial charge in [-0.05, 0) is 46.5 Å². The third-order valence-electron chi connectivity index (χ3n) is 3.14. The lowest BCUT2D eigenvalue weighted by atomic mass is 10.1. The maximum Gasteiger partial charge on any atom is 0.410 e. The van der Waals surface area contributed by atoms with Gasteiger partial charge in [0.2, 0.25) is 0 Å². The molecular weight excluding hydrogens is 230 g/mol. The molecule has 2 atom stereocenters. The van der Waals surface area contributed by atoms with Crippen LogP contribution in [0.1, 0.15) is 46.5 Å². The molecule has 0 bridgehead atoms. The van der Waals surface area contributed by atoms with Gasteiger partial charge in [-0.25, -0.2) is 4.79 Å². The Labute approximate surface area is 110 Å². The van der Waals surface area contributed by atoms with Crippen LogP contribution in [-0.2, 0) is 4.74 Å². The summed E-state index contributed by atoms with van der Waals surface area (Å²) in [5.74, 6) is 0. The van der Waals surface area contributed by atoms with Crippen molar-refractivity contribution >= 4 is 6.09 Å².